The third-order valence-corrected chi connectivity index (χ3v) is 4.34. The lowest BCUT2D eigenvalue weighted by atomic mass is 10.1. The van der Waals surface area contributed by atoms with Gasteiger partial charge in [0, 0.05) is 16.7 Å². The molecule has 0 aliphatic carbocycles. The molecule has 0 spiro atoms. The van der Waals surface area contributed by atoms with Gasteiger partial charge in [-0.15, -0.1) is 0 Å². The number of rotatable bonds is 1. The molecular weight excluding hydrogens is 256 g/mol. The Hall–Kier alpha value is -2.22. The van der Waals surface area contributed by atoms with Crippen molar-refractivity contribution in [1.29, 1.82) is 5.26 Å². The summed E-state index contributed by atoms with van der Waals surface area (Å²) in [6, 6.07) is 18.9. The van der Waals surface area contributed by atoms with Gasteiger partial charge in [0.05, 0.1) is 5.69 Å². The van der Waals surface area contributed by atoms with Crippen LogP contribution in [0.4, 0.5) is 5.69 Å². The fraction of sp³-hybridized carbons (Fsp3) is 0. The molecular formula is C15H10N2OS. The van der Waals surface area contributed by atoms with Gasteiger partial charge in [-0.2, -0.15) is 5.26 Å². The van der Waals surface area contributed by atoms with Crippen molar-refractivity contribution in [2.45, 2.75) is 4.90 Å². The summed E-state index contributed by atoms with van der Waals surface area (Å²) in [6.45, 7) is 0. The fourth-order valence-corrected chi connectivity index (χ4v) is 3.21. The van der Waals surface area contributed by atoms with E-state index in [1.54, 1.807) is 6.07 Å². The number of para-hydroxylation sites is 1. The van der Waals surface area contributed by atoms with E-state index < -0.39 is 11.2 Å². The summed E-state index contributed by atoms with van der Waals surface area (Å²) in [5.41, 5.74) is 2.28. The third-order valence-electron chi connectivity index (χ3n) is 2.92. The maximum atomic E-state index is 12.4. The Kier molecular flexibility index (Phi) is 3.00. The van der Waals surface area contributed by atoms with Crippen molar-refractivity contribution >= 4 is 22.6 Å². The quantitative estimate of drug-likeness (QED) is 0.807. The average molecular weight is 266 g/mol. The second kappa shape index (κ2) is 4.81. The highest BCUT2D eigenvalue weighted by atomic mass is 32.2. The molecule has 0 saturated carbocycles. The molecule has 1 aliphatic rings. The molecule has 0 fully saturated rings. The van der Waals surface area contributed by atoms with Crippen LogP contribution in [-0.2, 0) is 11.2 Å². The Labute approximate surface area is 114 Å². The number of nitriles is 1. The summed E-state index contributed by atoms with van der Waals surface area (Å²) >= 11 is -1.43. The van der Waals surface area contributed by atoms with E-state index in [9.17, 15) is 9.81 Å². The number of nitrogens with zero attached hydrogens (tertiary/aromatic N) is 1. The number of hydrogen-bond acceptors (Lipinski definition) is 3. The van der Waals surface area contributed by atoms with Crippen molar-refractivity contribution in [1.82, 2.24) is 0 Å². The van der Waals surface area contributed by atoms with Crippen LogP contribution < -0.4 is 5.32 Å². The molecule has 19 heavy (non-hydrogen) atoms. The van der Waals surface area contributed by atoms with E-state index in [1.807, 2.05) is 48.5 Å². The van der Waals surface area contributed by atoms with Crippen molar-refractivity contribution in [2.24, 2.45) is 0 Å². The third kappa shape index (κ3) is 1.99. The Morgan fingerprint density at radius 1 is 1.00 bits per heavy atom. The smallest absolute Gasteiger partial charge is 0.259 e. The highest BCUT2D eigenvalue weighted by Crippen LogP contribution is 2.37. The van der Waals surface area contributed by atoms with Gasteiger partial charge in [-0.05, 0) is 12.1 Å². The summed E-state index contributed by atoms with van der Waals surface area (Å²) in [5, 5.41) is 12.5. The average Bonchev–Trinajstić information content (AvgIpc) is 2.48. The van der Waals surface area contributed by atoms with Crippen LogP contribution in [-0.4, -0.2) is 4.55 Å². The van der Waals surface area contributed by atoms with Crippen molar-refractivity contribution in [2.75, 3.05) is 5.32 Å². The van der Waals surface area contributed by atoms with Crippen LogP contribution >= 0.6 is 0 Å². The van der Waals surface area contributed by atoms with Gasteiger partial charge < -0.3 is 9.87 Å². The van der Waals surface area contributed by atoms with Crippen molar-refractivity contribution in [3.8, 4) is 6.07 Å². The lowest BCUT2D eigenvalue weighted by Crippen LogP contribution is -2.17. The summed E-state index contributed by atoms with van der Waals surface area (Å²) < 4.78 is 12.4. The Morgan fingerprint density at radius 2 is 1.68 bits per heavy atom. The maximum Gasteiger partial charge on any atom is 0.259 e. The molecule has 1 atom stereocenters. The van der Waals surface area contributed by atoms with Gasteiger partial charge in [-0.1, -0.05) is 42.5 Å². The van der Waals surface area contributed by atoms with Gasteiger partial charge in [0.25, 0.3) is 4.91 Å². The molecule has 0 bridgehead atoms. The first-order valence-corrected chi connectivity index (χ1v) is 6.94. The predicted molar refractivity (Wildman–Crippen MR) is 75.4 cm³/mol. The van der Waals surface area contributed by atoms with Crippen LogP contribution in [0.25, 0.3) is 5.70 Å². The second-order valence-corrected chi connectivity index (χ2v) is 5.46. The van der Waals surface area contributed by atoms with Crippen LogP contribution in [0.1, 0.15) is 5.56 Å². The number of anilines is 1. The Morgan fingerprint density at radius 3 is 2.42 bits per heavy atom. The monoisotopic (exact) mass is 266 g/mol. The zero-order chi connectivity index (χ0) is 13.2. The largest absolute Gasteiger partial charge is 0.606 e. The minimum absolute atomic E-state index is 0.268. The lowest BCUT2D eigenvalue weighted by molar-refractivity contribution is 0.602. The SMILES string of the molecule is N#CC1=C(c2ccccc2)Nc2ccccc2[S+]1[O-]. The van der Waals surface area contributed by atoms with Gasteiger partial charge >= 0.3 is 0 Å². The van der Waals surface area contributed by atoms with Gasteiger partial charge in [0.15, 0.2) is 11.0 Å². The zero-order valence-corrected chi connectivity index (χ0v) is 10.8. The molecule has 2 aromatic carbocycles. The fourth-order valence-electron chi connectivity index (χ4n) is 2.03. The molecule has 1 N–H and O–H groups in total. The number of allylic oxidation sites excluding steroid dienone is 1. The molecule has 0 amide bonds. The minimum atomic E-state index is -1.43. The molecule has 0 saturated heterocycles. The van der Waals surface area contributed by atoms with E-state index in [0.717, 1.165) is 11.3 Å². The second-order valence-electron chi connectivity index (χ2n) is 4.07. The molecule has 92 valence electrons. The lowest BCUT2D eigenvalue weighted by Gasteiger charge is -2.22. The normalized spacial score (nSPS) is 17.4. The minimum Gasteiger partial charge on any atom is -0.606 e. The molecule has 1 heterocycles. The van der Waals surface area contributed by atoms with E-state index in [-0.39, 0.29) is 4.91 Å². The molecule has 2 aromatic rings. The summed E-state index contributed by atoms with van der Waals surface area (Å²) in [6.07, 6.45) is 0. The van der Waals surface area contributed by atoms with Crippen molar-refractivity contribution in [3.63, 3.8) is 0 Å². The highest BCUT2D eigenvalue weighted by Gasteiger charge is 2.31. The van der Waals surface area contributed by atoms with Crippen molar-refractivity contribution in [3.05, 3.63) is 65.1 Å². The molecule has 3 nitrogen and oxygen atoms in total. The first-order valence-electron chi connectivity index (χ1n) is 5.79. The number of hydrogen-bond donors (Lipinski definition) is 1. The number of fused-ring (bicyclic) bond motifs is 1. The van der Waals surface area contributed by atoms with Gasteiger partial charge in [0.1, 0.15) is 5.70 Å². The maximum absolute atomic E-state index is 12.4. The van der Waals surface area contributed by atoms with E-state index >= 15 is 0 Å². The Balaban J connectivity index is 2.17. The molecule has 0 radical (unpaired) electrons. The van der Waals surface area contributed by atoms with Crippen molar-refractivity contribution < 1.29 is 4.55 Å². The van der Waals surface area contributed by atoms with Gasteiger partial charge in [-0.25, -0.2) is 0 Å². The zero-order valence-electron chi connectivity index (χ0n) is 9.96. The highest BCUT2D eigenvalue weighted by molar-refractivity contribution is 7.96. The standard InChI is InChI=1S/C15H10N2OS/c16-10-14-15(11-6-2-1-3-7-11)17-12-8-4-5-9-13(12)19(14)18/h1-9,17H. The van der Waals surface area contributed by atoms with Crippen LogP contribution in [0.15, 0.2) is 64.4 Å². The molecule has 4 heteroatoms. The number of benzene rings is 2. The van der Waals surface area contributed by atoms with E-state index in [0.29, 0.717) is 10.6 Å². The van der Waals surface area contributed by atoms with E-state index in [1.165, 1.54) is 0 Å². The first kappa shape index (κ1) is 11.8. The predicted octanol–water partition coefficient (Wildman–Crippen LogP) is 3.11. The summed E-state index contributed by atoms with van der Waals surface area (Å²) in [7, 11) is 0. The van der Waals surface area contributed by atoms with Gasteiger partial charge in [-0.3, -0.25) is 0 Å². The summed E-state index contributed by atoms with van der Waals surface area (Å²) in [5.74, 6) is 0. The van der Waals surface area contributed by atoms with Crippen LogP contribution in [0.5, 0.6) is 0 Å². The van der Waals surface area contributed by atoms with E-state index in [2.05, 4.69) is 11.4 Å². The van der Waals surface area contributed by atoms with Gasteiger partial charge in [0.2, 0.25) is 0 Å². The molecule has 0 aromatic heterocycles. The first-order chi connectivity index (χ1) is 9.31. The Bertz CT molecular complexity index is 689. The van der Waals surface area contributed by atoms with E-state index in [4.69, 9.17) is 0 Å². The van der Waals surface area contributed by atoms with Crippen LogP contribution in [0.2, 0.25) is 0 Å². The summed E-state index contributed by atoms with van der Waals surface area (Å²) in [4.78, 5) is 0.920. The van der Waals surface area contributed by atoms with Crippen LogP contribution in [0, 0.1) is 11.3 Å². The number of nitrogens with one attached hydrogen (secondary N) is 1. The molecule has 3 rings (SSSR count). The topological polar surface area (TPSA) is 58.9 Å². The molecule has 1 unspecified atom stereocenters. The molecule has 1 aliphatic heterocycles. The van der Waals surface area contributed by atoms with Crippen LogP contribution in [0.3, 0.4) is 0 Å².